The number of aryl methyl sites for hydroxylation is 1. The molecule has 0 fully saturated rings. The lowest BCUT2D eigenvalue weighted by molar-refractivity contribution is 0.393. The second-order valence-electron chi connectivity index (χ2n) is 5.39. The van der Waals surface area contributed by atoms with Crippen molar-refractivity contribution in [1.29, 1.82) is 0 Å². The van der Waals surface area contributed by atoms with Crippen LogP contribution >= 0.6 is 0 Å². The average Bonchev–Trinajstić information content (AvgIpc) is 2.62. The van der Waals surface area contributed by atoms with Crippen molar-refractivity contribution in [3.63, 3.8) is 0 Å². The molecule has 0 spiro atoms. The molecule has 0 N–H and O–H groups in total. The Labute approximate surface area is 152 Å². The van der Waals surface area contributed by atoms with Gasteiger partial charge >= 0.3 is 14.2 Å². The first kappa shape index (κ1) is 19.8. The zero-order valence-electron chi connectivity index (χ0n) is 14.3. The third kappa shape index (κ3) is 3.52. The van der Waals surface area contributed by atoms with Crippen LogP contribution in [0.2, 0.25) is 0 Å². The highest BCUT2D eigenvalue weighted by molar-refractivity contribution is 8.67. The van der Waals surface area contributed by atoms with E-state index in [1.165, 1.54) is 56.7 Å². The van der Waals surface area contributed by atoms with E-state index in [0.29, 0.717) is 0 Å². The van der Waals surface area contributed by atoms with Crippen molar-refractivity contribution in [1.82, 2.24) is 0 Å². The van der Waals surface area contributed by atoms with E-state index in [1.807, 2.05) is 0 Å². The number of rotatable bonds is 6. The van der Waals surface area contributed by atoms with E-state index in [4.69, 9.17) is 16.0 Å². The van der Waals surface area contributed by atoms with Gasteiger partial charge in [0.15, 0.2) is 0 Å². The van der Waals surface area contributed by atoms with Crippen LogP contribution in [0.15, 0.2) is 47.4 Å². The Morgan fingerprint density at radius 2 is 1.42 bits per heavy atom. The predicted molar refractivity (Wildman–Crippen MR) is 96.2 cm³/mol. The van der Waals surface area contributed by atoms with Crippen LogP contribution in [0.5, 0.6) is 11.5 Å². The summed E-state index contributed by atoms with van der Waals surface area (Å²) in [4.78, 5) is 2.68. The molecule has 0 saturated heterocycles. The van der Waals surface area contributed by atoms with Gasteiger partial charge in [0.25, 0.3) is 8.87 Å². The monoisotopic (exact) mass is 395 g/mol. The standard InChI is InChI=1S/C17H17NO6S2/c1-12-5-7-16(8-6-12)25(19,20)26(21,22)17(18-2)13-9-14(23-3)11-15(10-13)24-4/h5-11,17H,1,3-4H3. The highest BCUT2D eigenvalue weighted by Crippen LogP contribution is 2.36. The zero-order valence-corrected chi connectivity index (χ0v) is 16.0. The number of benzene rings is 2. The van der Waals surface area contributed by atoms with Crippen LogP contribution in [0.1, 0.15) is 16.5 Å². The topological polar surface area (TPSA) is 91.1 Å². The van der Waals surface area contributed by atoms with Crippen molar-refractivity contribution in [3.8, 4) is 11.5 Å². The van der Waals surface area contributed by atoms with Crippen molar-refractivity contribution in [2.45, 2.75) is 17.2 Å². The fraction of sp³-hybridized carbons (Fsp3) is 0.235. The van der Waals surface area contributed by atoms with Gasteiger partial charge in [0.2, 0.25) is 0 Å². The van der Waals surface area contributed by atoms with E-state index in [-0.39, 0.29) is 22.0 Å². The molecule has 0 aliphatic heterocycles. The first-order chi connectivity index (χ1) is 12.2. The summed E-state index contributed by atoms with van der Waals surface area (Å²) in [7, 11) is -6.96. The molecule has 2 aromatic rings. The van der Waals surface area contributed by atoms with Crippen LogP contribution in [-0.4, -0.2) is 31.1 Å². The predicted octanol–water partition coefficient (Wildman–Crippen LogP) is 2.73. The fourth-order valence-electron chi connectivity index (χ4n) is 2.24. The summed E-state index contributed by atoms with van der Waals surface area (Å²) in [5.74, 6) is 0.492. The molecule has 2 rings (SSSR count). The summed E-state index contributed by atoms with van der Waals surface area (Å²) in [6.45, 7) is 9.03. The van der Waals surface area contributed by atoms with Gasteiger partial charge in [-0.15, -0.1) is 0 Å². The lowest BCUT2D eigenvalue weighted by Crippen LogP contribution is -2.21. The molecule has 138 valence electrons. The molecule has 26 heavy (non-hydrogen) atoms. The SMILES string of the molecule is [C-]#[N+]C(c1cc(OC)cc(OC)c1)S(=O)(=O)S(=O)(=O)c1ccc(C)cc1. The summed E-state index contributed by atoms with van der Waals surface area (Å²) in [5, 5.41) is -1.95. The van der Waals surface area contributed by atoms with Gasteiger partial charge in [-0.05, 0) is 31.2 Å². The first-order valence-corrected chi connectivity index (χ1v) is 10.9. The molecule has 0 bridgehead atoms. The third-order valence-corrected chi connectivity index (χ3v) is 9.01. The molecule has 7 nitrogen and oxygen atoms in total. The number of hydrogen-bond donors (Lipinski definition) is 0. The van der Waals surface area contributed by atoms with Crippen molar-refractivity contribution >= 4 is 17.7 Å². The Kier molecular flexibility index (Phi) is 5.59. The Hall–Kier alpha value is -2.57. The molecule has 2 aromatic carbocycles. The minimum absolute atomic E-state index is 0.0492. The normalized spacial score (nSPS) is 12.8. The van der Waals surface area contributed by atoms with E-state index in [1.54, 1.807) is 6.92 Å². The van der Waals surface area contributed by atoms with Gasteiger partial charge in [0, 0.05) is 6.07 Å². The molecule has 9 heteroatoms. The van der Waals surface area contributed by atoms with Gasteiger partial charge in [-0.2, -0.15) is 0 Å². The molecule has 0 amide bonds. The molecule has 0 aliphatic carbocycles. The number of ether oxygens (including phenoxy) is 2. The quantitative estimate of drug-likeness (QED) is 0.552. The third-order valence-electron chi connectivity index (χ3n) is 3.67. The second-order valence-corrected chi connectivity index (χ2v) is 10.9. The van der Waals surface area contributed by atoms with Gasteiger partial charge < -0.3 is 9.47 Å². The van der Waals surface area contributed by atoms with Crippen LogP contribution in [0.4, 0.5) is 0 Å². The van der Waals surface area contributed by atoms with Crippen LogP contribution in [-0.2, 0) is 17.7 Å². The number of methoxy groups -OCH3 is 2. The molecule has 0 saturated carbocycles. The highest BCUT2D eigenvalue weighted by atomic mass is 33.2. The smallest absolute Gasteiger partial charge is 0.360 e. The maximum Gasteiger partial charge on any atom is 0.360 e. The van der Waals surface area contributed by atoms with E-state index in [2.05, 4.69) is 4.85 Å². The van der Waals surface area contributed by atoms with Gasteiger partial charge in [-0.1, -0.05) is 17.7 Å². The molecule has 1 unspecified atom stereocenters. The average molecular weight is 395 g/mol. The van der Waals surface area contributed by atoms with E-state index in [9.17, 15) is 16.8 Å². The Bertz CT molecular complexity index is 1030. The Morgan fingerprint density at radius 1 is 0.923 bits per heavy atom. The molecule has 0 heterocycles. The van der Waals surface area contributed by atoms with E-state index >= 15 is 0 Å². The molecular formula is C17H17NO6S2. The van der Waals surface area contributed by atoms with Gasteiger partial charge in [-0.3, -0.25) is 4.85 Å². The zero-order chi connectivity index (χ0) is 19.5. The molecular weight excluding hydrogens is 378 g/mol. The van der Waals surface area contributed by atoms with Crippen molar-refractivity contribution < 1.29 is 26.3 Å². The van der Waals surface area contributed by atoms with Crippen LogP contribution in [0.25, 0.3) is 4.85 Å². The lowest BCUT2D eigenvalue weighted by Gasteiger charge is -2.12. The van der Waals surface area contributed by atoms with Crippen molar-refractivity contribution in [3.05, 3.63) is 65.0 Å². The molecule has 1 atom stereocenters. The summed E-state index contributed by atoms with van der Waals surface area (Å²) in [6, 6.07) is 9.48. The number of hydrogen-bond acceptors (Lipinski definition) is 6. The minimum Gasteiger partial charge on any atom is -0.497 e. The van der Waals surface area contributed by atoms with Crippen molar-refractivity contribution in [2.24, 2.45) is 0 Å². The van der Waals surface area contributed by atoms with Gasteiger partial charge in [0.1, 0.15) is 11.5 Å². The minimum atomic E-state index is -4.91. The van der Waals surface area contributed by atoms with Crippen LogP contribution in [0, 0.1) is 13.5 Å². The van der Waals surface area contributed by atoms with Gasteiger partial charge in [0.05, 0.1) is 24.7 Å². The van der Waals surface area contributed by atoms with E-state index in [0.717, 1.165) is 5.56 Å². The lowest BCUT2D eigenvalue weighted by atomic mass is 10.2. The van der Waals surface area contributed by atoms with Gasteiger partial charge in [-0.25, -0.2) is 23.4 Å². The Morgan fingerprint density at radius 3 is 1.85 bits per heavy atom. The molecule has 0 radical (unpaired) electrons. The first-order valence-electron chi connectivity index (χ1n) is 7.32. The van der Waals surface area contributed by atoms with Crippen LogP contribution < -0.4 is 9.47 Å². The Balaban J connectivity index is 2.62. The van der Waals surface area contributed by atoms with Crippen LogP contribution in [0.3, 0.4) is 0 Å². The highest BCUT2D eigenvalue weighted by Gasteiger charge is 2.45. The fourth-order valence-corrected chi connectivity index (χ4v) is 6.13. The van der Waals surface area contributed by atoms with E-state index < -0.39 is 23.1 Å². The molecule has 0 aromatic heterocycles. The maximum atomic E-state index is 12.8. The summed E-state index contributed by atoms with van der Waals surface area (Å²) >= 11 is 0. The summed E-state index contributed by atoms with van der Waals surface area (Å²) < 4.78 is 61.0. The molecule has 0 aliphatic rings. The second kappa shape index (κ2) is 7.35. The largest absolute Gasteiger partial charge is 0.497 e. The summed E-state index contributed by atoms with van der Waals surface area (Å²) in [6.07, 6.45) is 0. The van der Waals surface area contributed by atoms with Crippen molar-refractivity contribution in [2.75, 3.05) is 14.2 Å². The number of nitrogens with zero attached hydrogens (tertiary/aromatic N) is 1. The maximum absolute atomic E-state index is 12.8. The summed E-state index contributed by atoms with van der Waals surface area (Å²) in [5.41, 5.74) is 0.729.